The van der Waals surface area contributed by atoms with Gasteiger partial charge in [-0.25, -0.2) is 0 Å². The summed E-state index contributed by atoms with van der Waals surface area (Å²) >= 11 is 5.98. The maximum absolute atomic E-state index is 5.98. The molecule has 0 atom stereocenters. The van der Waals surface area contributed by atoms with Crippen LogP contribution in [-0.2, 0) is 13.1 Å². The number of benzene rings is 1. The molecule has 1 heterocycles. The lowest BCUT2D eigenvalue weighted by Crippen LogP contribution is -2.14. The number of rotatable bonds is 7. The van der Waals surface area contributed by atoms with Gasteiger partial charge in [-0.15, -0.1) is 0 Å². The first-order valence-electron chi connectivity index (χ1n) is 6.81. The van der Waals surface area contributed by atoms with E-state index in [9.17, 15) is 0 Å². The van der Waals surface area contributed by atoms with Crippen LogP contribution in [0.4, 0.5) is 0 Å². The highest BCUT2D eigenvalue weighted by Gasteiger charge is 2.05. The molecule has 0 saturated heterocycles. The normalized spacial score (nSPS) is 10.8. The summed E-state index contributed by atoms with van der Waals surface area (Å²) in [4.78, 5) is 0. The minimum absolute atomic E-state index is 0.571. The van der Waals surface area contributed by atoms with Gasteiger partial charge in [0.25, 0.3) is 0 Å². The van der Waals surface area contributed by atoms with E-state index in [1.54, 1.807) is 6.20 Å². The van der Waals surface area contributed by atoms with Crippen molar-refractivity contribution in [3.63, 3.8) is 0 Å². The zero-order valence-corrected chi connectivity index (χ0v) is 12.7. The van der Waals surface area contributed by atoms with Gasteiger partial charge < -0.3 is 10.1 Å². The Labute approximate surface area is 124 Å². The van der Waals surface area contributed by atoms with Gasteiger partial charge in [-0.1, -0.05) is 36.7 Å². The van der Waals surface area contributed by atoms with Gasteiger partial charge in [0, 0.05) is 12.1 Å². The molecule has 0 fully saturated rings. The average molecular weight is 294 g/mol. The van der Waals surface area contributed by atoms with Crippen molar-refractivity contribution in [3.05, 3.63) is 46.7 Å². The summed E-state index contributed by atoms with van der Waals surface area (Å²) in [5.74, 6) is 0.921. The molecule has 0 aliphatic rings. The molecular weight excluding hydrogens is 274 g/mol. The fourth-order valence-electron chi connectivity index (χ4n) is 1.94. The Hall–Kier alpha value is -1.52. The summed E-state index contributed by atoms with van der Waals surface area (Å²) in [5.41, 5.74) is 2.14. The minimum atomic E-state index is 0.571. The zero-order chi connectivity index (χ0) is 14.4. The van der Waals surface area contributed by atoms with Crippen molar-refractivity contribution in [1.82, 2.24) is 15.1 Å². The maximum Gasteiger partial charge on any atom is 0.123 e. The van der Waals surface area contributed by atoms with Crippen LogP contribution >= 0.6 is 11.6 Å². The molecular formula is C15H20ClN3O. The molecule has 4 nitrogen and oxygen atoms in total. The van der Waals surface area contributed by atoms with E-state index in [4.69, 9.17) is 16.3 Å². The van der Waals surface area contributed by atoms with Crippen LogP contribution in [-0.4, -0.2) is 22.9 Å². The Morgan fingerprint density at radius 1 is 1.35 bits per heavy atom. The van der Waals surface area contributed by atoms with Crippen molar-refractivity contribution in [3.8, 4) is 5.75 Å². The van der Waals surface area contributed by atoms with Crippen LogP contribution in [0, 0.1) is 6.92 Å². The lowest BCUT2D eigenvalue weighted by Gasteiger charge is -2.12. The molecule has 20 heavy (non-hydrogen) atoms. The van der Waals surface area contributed by atoms with E-state index in [-0.39, 0.29) is 0 Å². The van der Waals surface area contributed by atoms with Crippen LogP contribution in [0.5, 0.6) is 5.75 Å². The molecule has 5 heteroatoms. The van der Waals surface area contributed by atoms with E-state index < -0.39 is 0 Å². The molecule has 1 N–H and O–H groups in total. The first-order valence-corrected chi connectivity index (χ1v) is 7.19. The summed E-state index contributed by atoms with van der Waals surface area (Å²) in [6.45, 7) is 7.07. The van der Waals surface area contributed by atoms with Crippen LogP contribution in [0.25, 0.3) is 0 Å². The van der Waals surface area contributed by atoms with Gasteiger partial charge in [0.05, 0.1) is 23.5 Å². The SMILES string of the molecule is CCNCc1ccccc1OCCn1ncc(Cl)c1C. The Kier molecular flexibility index (Phi) is 5.44. The van der Waals surface area contributed by atoms with Gasteiger partial charge in [0.15, 0.2) is 0 Å². The van der Waals surface area contributed by atoms with Crippen LogP contribution in [0.15, 0.2) is 30.5 Å². The standard InChI is InChI=1S/C15H20ClN3O/c1-3-17-10-13-6-4-5-7-15(13)20-9-8-19-12(2)14(16)11-18-19/h4-7,11,17H,3,8-10H2,1-2H3. The number of nitrogens with one attached hydrogen (secondary N) is 1. The van der Waals surface area contributed by atoms with E-state index in [2.05, 4.69) is 23.4 Å². The van der Waals surface area contributed by atoms with Gasteiger partial charge >= 0.3 is 0 Å². The number of para-hydroxylation sites is 1. The average Bonchev–Trinajstić information content (AvgIpc) is 2.78. The second kappa shape index (κ2) is 7.31. The minimum Gasteiger partial charge on any atom is -0.491 e. The summed E-state index contributed by atoms with van der Waals surface area (Å²) in [6.07, 6.45) is 1.66. The Balaban J connectivity index is 1.92. The lowest BCUT2D eigenvalue weighted by atomic mass is 10.2. The van der Waals surface area contributed by atoms with Crippen LogP contribution in [0.2, 0.25) is 5.02 Å². The van der Waals surface area contributed by atoms with Gasteiger partial charge in [0.2, 0.25) is 0 Å². The lowest BCUT2D eigenvalue weighted by molar-refractivity contribution is 0.286. The monoisotopic (exact) mass is 293 g/mol. The third-order valence-electron chi connectivity index (χ3n) is 3.14. The number of nitrogens with zero attached hydrogens (tertiary/aromatic N) is 2. The molecule has 0 bridgehead atoms. The number of ether oxygens (including phenoxy) is 1. The van der Waals surface area contributed by atoms with Crippen molar-refractivity contribution in [2.45, 2.75) is 26.9 Å². The fraction of sp³-hybridized carbons (Fsp3) is 0.400. The molecule has 0 saturated carbocycles. The third-order valence-corrected chi connectivity index (χ3v) is 3.51. The van der Waals surface area contributed by atoms with Crippen molar-refractivity contribution < 1.29 is 4.74 Å². The molecule has 2 aromatic rings. The number of hydrogen-bond donors (Lipinski definition) is 1. The summed E-state index contributed by atoms with van der Waals surface area (Å²) < 4.78 is 7.71. The first-order chi connectivity index (χ1) is 9.72. The van der Waals surface area contributed by atoms with Gasteiger partial charge in [0.1, 0.15) is 12.4 Å². The highest BCUT2D eigenvalue weighted by Crippen LogP contribution is 2.18. The largest absolute Gasteiger partial charge is 0.491 e. The zero-order valence-electron chi connectivity index (χ0n) is 11.9. The molecule has 2 rings (SSSR count). The van der Waals surface area contributed by atoms with Crippen LogP contribution in [0.1, 0.15) is 18.2 Å². The highest BCUT2D eigenvalue weighted by atomic mass is 35.5. The Morgan fingerprint density at radius 3 is 2.85 bits per heavy atom. The van der Waals surface area contributed by atoms with E-state index in [1.165, 1.54) is 5.56 Å². The van der Waals surface area contributed by atoms with Crippen molar-refractivity contribution >= 4 is 11.6 Å². The molecule has 108 valence electrons. The topological polar surface area (TPSA) is 39.1 Å². The van der Waals surface area contributed by atoms with E-state index >= 15 is 0 Å². The predicted molar refractivity (Wildman–Crippen MR) is 81.3 cm³/mol. The summed E-state index contributed by atoms with van der Waals surface area (Å²) in [6, 6.07) is 8.08. The van der Waals surface area contributed by atoms with E-state index in [0.717, 1.165) is 24.5 Å². The molecule has 0 radical (unpaired) electrons. The fourth-order valence-corrected chi connectivity index (χ4v) is 2.08. The smallest absolute Gasteiger partial charge is 0.123 e. The number of halogens is 1. The van der Waals surface area contributed by atoms with Crippen molar-refractivity contribution in [2.75, 3.05) is 13.2 Å². The highest BCUT2D eigenvalue weighted by molar-refractivity contribution is 6.31. The van der Waals surface area contributed by atoms with Gasteiger partial charge in [-0.05, 0) is 19.5 Å². The molecule has 0 aliphatic heterocycles. The molecule has 1 aromatic carbocycles. The predicted octanol–water partition coefficient (Wildman–Crippen LogP) is 3.03. The molecule has 0 amide bonds. The van der Waals surface area contributed by atoms with Crippen molar-refractivity contribution in [2.24, 2.45) is 0 Å². The Morgan fingerprint density at radius 2 is 2.15 bits per heavy atom. The molecule has 0 unspecified atom stereocenters. The summed E-state index contributed by atoms with van der Waals surface area (Å²) in [7, 11) is 0. The van der Waals surface area contributed by atoms with Crippen LogP contribution in [0.3, 0.4) is 0 Å². The van der Waals surface area contributed by atoms with Gasteiger partial charge in [-0.2, -0.15) is 5.10 Å². The first kappa shape index (κ1) is 14.9. The second-order valence-electron chi connectivity index (χ2n) is 4.54. The maximum atomic E-state index is 5.98. The van der Waals surface area contributed by atoms with Crippen LogP contribution < -0.4 is 10.1 Å². The number of hydrogen-bond acceptors (Lipinski definition) is 3. The second-order valence-corrected chi connectivity index (χ2v) is 4.94. The third kappa shape index (κ3) is 3.74. The molecule has 0 aliphatic carbocycles. The number of aromatic nitrogens is 2. The van der Waals surface area contributed by atoms with Crippen molar-refractivity contribution in [1.29, 1.82) is 0 Å². The van der Waals surface area contributed by atoms with E-state index in [0.29, 0.717) is 18.2 Å². The molecule has 1 aromatic heterocycles. The van der Waals surface area contributed by atoms with E-state index in [1.807, 2.05) is 29.8 Å². The quantitative estimate of drug-likeness (QED) is 0.853. The van der Waals surface area contributed by atoms with Gasteiger partial charge in [-0.3, -0.25) is 4.68 Å². The Bertz CT molecular complexity index is 554. The summed E-state index contributed by atoms with van der Waals surface area (Å²) in [5, 5.41) is 8.21. The molecule has 0 spiro atoms.